The molecular weight excluding hydrogens is 290 g/mol. The maximum Gasteiger partial charge on any atom is 0.331 e. The topological polar surface area (TPSA) is 58.9 Å². The quantitative estimate of drug-likeness (QED) is 0.881. The van der Waals surface area contributed by atoms with Crippen LogP contribution in [0.15, 0.2) is 77.3 Å². The Morgan fingerprint density at radius 2 is 1.61 bits per heavy atom. The molecule has 2 aromatic carbocycles. The molecule has 4 nitrogen and oxygen atoms in total. The SMILES string of the molecule is C/C(=C\C1=NC(c2ccccc2)(c2ccccc2)CO1)C(=O)O. The highest BCUT2D eigenvalue weighted by Crippen LogP contribution is 2.38. The van der Waals surface area contributed by atoms with Gasteiger partial charge >= 0.3 is 5.97 Å². The zero-order chi connectivity index (χ0) is 16.3. The second-order valence-electron chi connectivity index (χ2n) is 5.46. The molecule has 0 radical (unpaired) electrons. The van der Waals surface area contributed by atoms with Gasteiger partial charge in [-0.15, -0.1) is 0 Å². The second kappa shape index (κ2) is 6.08. The monoisotopic (exact) mass is 307 g/mol. The maximum absolute atomic E-state index is 11.0. The Morgan fingerprint density at radius 1 is 1.09 bits per heavy atom. The summed E-state index contributed by atoms with van der Waals surface area (Å²) in [5.74, 6) is -0.633. The van der Waals surface area contributed by atoms with Crippen LogP contribution in [-0.4, -0.2) is 23.6 Å². The fourth-order valence-electron chi connectivity index (χ4n) is 2.64. The van der Waals surface area contributed by atoms with Crippen molar-refractivity contribution in [3.05, 3.63) is 83.4 Å². The summed E-state index contributed by atoms with van der Waals surface area (Å²) in [6.07, 6.45) is 1.47. The zero-order valence-corrected chi connectivity index (χ0v) is 12.8. The second-order valence-corrected chi connectivity index (χ2v) is 5.46. The first kappa shape index (κ1) is 15.0. The van der Waals surface area contributed by atoms with Gasteiger partial charge in [-0.2, -0.15) is 0 Å². The van der Waals surface area contributed by atoms with E-state index < -0.39 is 11.5 Å². The molecule has 23 heavy (non-hydrogen) atoms. The number of aliphatic imine (C=N–C) groups is 1. The van der Waals surface area contributed by atoms with Crippen molar-refractivity contribution >= 4 is 11.9 Å². The Bertz CT molecular complexity index is 724. The number of nitrogens with zero attached hydrogens (tertiary/aromatic N) is 1. The Labute approximate surface area is 134 Å². The molecule has 1 heterocycles. The molecule has 0 saturated heterocycles. The summed E-state index contributed by atoms with van der Waals surface area (Å²) < 4.78 is 5.71. The van der Waals surface area contributed by atoms with Gasteiger partial charge in [-0.05, 0) is 18.1 Å². The predicted molar refractivity (Wildman–Crippen MR) is 88.4 cm³/mol. The van der Waals surface area contributed by atoms with Gasteiger partial charge in [0.2, 0.25) is 5.90 Å². The van der Waals surface area contributed by atoms with E-state index in [1.165, 1.54) is 13.0 Å². The third-order valence-corrected chi connectivity index (χ3v) is 3.91. The van der Waals surface area contributed by atoms with Crippen LogP contribution < -0.4 is 0 Å². The summed E-state index contributed by atoms with van der Waals surface area (Å²) in [5.41, 5.74) is 1.58. The molecule has 0 aromatic heterocycles. The van der Waals surface area contributed by atoms with Gasteiger partial charge in [0.05, 0.1) is 0 Å². The van der Waals surface area contributed by atoms with Gasteiger partial charge < -0.3 is 9.84 Å². The Hall–Kier alpha value is -2.88. The van der Waals surface area contributed by atoms with Crippen molar-refractivity contribution < 1.29 is 14.6 Å². The smallest absolute Gasteiger partial charge is 0.331 e. The summed E-state index contributed by atoms with van der Waals surface area (Å²) in [6.45, 7) is 1.87. The first-order valence-corrected chi connectivity index (χ1v) is 7.37. The van der Waals surface area contributed by atoms with Crippen LogP contribution in [0.2, 0.25) is 0 Å². The molecule has 0 saturated carbocycles. The van der Waals surface area contributed by atoms with Crippen molar-refractivity contribution in [1.29, 1.82) is 0 Å². The number of carboxylic acid groups (broad SMARTS) is 1. The van der Waals surface area contributed by atoms with E-state index in [1.807, 2.05) is 60.7 Å². The lowest BCUT2D eigenvalue weighted by Gasteiger charge is -2.25. The van der Waals surface area contributed by atoms with Crippen LogP contribution in [0.4, 0.5) is 0 Å². The van der Waals surface area contributed by atoms with E-state index >= 15 is 0 Å². The fraction of sp³-hybridized carbons (Fsp3) is 0.158. The number of carbonyl (C=O) groups is 1. The Balaban J connectivity index is 2.11. The summed E-state index contributed by atoms with van der Waals surface area (Å²) >= 11 is 0. The highest BCUT2D eigenvalue weighted by molar-refractivity contribution is 5.98. The predicted octanol–water partition coefficient (Wildman–Crippen LogP) is 3.39. The highest BCUT2D eigenvalue weighted by atomic mass is 16.5. The summed E-state index contributed by atoms with van der Waals surface area (Å²) in [7, 11) is 0. The normalized spacial score (nSPS) is 16.6. The lowest BCUT2D eigenvalue weighted by atomic mass is 9.84. The third kappa shape index (κ3) is 2.88. The van der Waals surface area contributed by atoms with Gasteiger partial charge in [0.1, 0.15) is 12.1 Å². The van der Waals surface area contributed by atoms with Crippen molar-refractivity contribution in [2.75, 3.05) is 6.61 Å². The van der Waals surface area contributed by atoms with Gasteiger partial charge in [0.15, 0.2) is 0 Å². The number of carboxylic acids is 1. The molecule has 2 aromatic rings. The van der Waals surface area contributed by atoms with Crippen LogP contribution in [0, 0.1) is 0 Å². The molecule has 0 amide bonds. The van der Waals surface area contributed by atoms with Crippen molar-refractivity contribution in [2.24, 2.45) is 4.99 Å². The summed E-state index contributed by atoms with van der Waals surface area (Å²) in [5, 5.41) is 9.03. The van der Waals surface area contributed by atoms with Crippen LogP contribution in [0.25, 0.3) is 0 Å². The highest BCUT2D eigenvalue weighted by Gasteiger charge is 2.39. The van der Waals surface area contributed by atoms with E-state index in [4.69, 9.17) is 14.8 Å². The van der Waals surface area contributed by atoms with E-state index in [0.29, 0.717) is 12.5 Å². The van der Waals surface area contributed by atoms with Crippen molar-refractivity contribution in [1.82, 2.24) is 0 Å². The number of benzene rings is 2. The van der Waals surface area contributed by atoms with Gasteiger partial charge in [-0.1, -0.05) is 60.7 Å². The molecule has 1 aliphatic heterocycles. The van der Waals surface area contributed by atoms with Crippen LogP contribution >= 0.6 is 0 Å². The number of aliphatic carboxylic acids is 1. The molecule has 116 valence electrons. The van der Waals surface area contributed by atoms with E-state index in [9.17, 15) is 4.79 Å². The van der Waals surface area contributed by atoms with Crippen LogP contribution in [0.5, 0.6) is 0 Å². The Kier molecular flexibility index (Phi) is 3.98. The first-order valence-electron chi connectivity index (χ1n) is 7.37. The van der Waals surface area contributed by atoms with Crippen LogP contribution in [0.1, 0.15) is 18.1 Å². The molecule has 0 spiro atoms. The average Bonchev–Trinajstić information content (AvgIpc) is 3.01. The largest absolute Gasteiger partial charge is 0.478 e. The summed E-state index contributed by atoms with van der Waals surface area (Å²) in [6, 6.07) is 19.8. The van der Waals surface area contributed by atoms with Gasteiger partial charge in [0.25, 0.3) is 0 Å². The van der Waals surface area contributed by atoms with Gasteiger partial charge in [-0.25, -0.2) is 9.79 Å². The molecule has 0 atom stereocenters. The third-order valence-electron chi connectivity index (χ3n) is 3.91. The minimum absolute atomic E-state index is 0.195. The van der Waals surface area contributed by atoms with Crippen molar-refractivity contribution in [3.8, 4) is 0 Å². The number of ether oxygens (including phenoxy) is 1. The standard InChI is InChI=1S/C19H17NO3/c1-14(18(21)22)12-17-20-19(13-23-17,15-8-4-2-5-9-15)16-10-6-3-7-11-16/h2-12H,13H2,1H3,(H,21,22)/b14-12+. The molecule has 0 unspecified atom stereocenters. The molecule has 1 aliphatic rings. The fourth-order valence-corrected chi connectivity index (χ4v) is 2.64. The van der Waals surface area contributed by atoms with E-state index in [2.05, 4.69) is 0 Å². The van der Waals surface area contributed by atoms with Crippen molar-refractivity contribution in [3.63, 3.8) is 0 Å². The van der Waals surface area contributed by atoms with E-state index in [0.717, 1.165) is 11.1 Å². The lowest BCUT2D eigenvalue weighted by Crippen LogP contribution is -2.26. The Morgan fingerprint density at radius 3 is 2.09 bits per heavy atom. The van der Waals surface area contributed by atoms with E-state index in [-0.39, 0.29) is 5.57 Å². The minimum Gasteiger partial charge on any atom is -0.478 e. The molecular formula is C19H17NO3. The summed E-state index contributed by atoms with van der Waals surface area (Å²) in [4.78, 5) is 15.7. The molecule has 1 N–H and O–H groups in total. The number of rotatable bonds is 4. The maximum atomic E-state index is 11.0. The van der Waals surface area contributed by atoms with Crippen LogP contribution in [-0.2, 0) is 15.1 Å². The van der Waals surface area contributed by atoms with E-state index in [1.54, 1.807) is 0 Å². The van der Waals surface area contributed by atoms with Gasteiger partial charge in [0, 0.05) is 11.6 Å². The number of hydrogen-bond acceptors (Lipinski definition) is 3. The van der Waals surface area contributed by atoms with Gasteiger partial charge in [-0.3, -0.25) is 0 Å². The first-order chi connectivity index (χ1) is 11.1. The molecule has 0 bridgehead atoms. The zero-order valence-electron chi connectivity index (χ0n) is 12.8. The molecule has 0 aliphatic carbocycles. The molecule has 3 rings (SSSR count). The minimum atomic E-state index is -0.978. The molecule has 4 heteroatoms. The van der Waals surface area contributed by atoms with Crippen LogP contribution in [0.3, 0.4) is 0 Å². The van der Waals surface area contributed by atoms with Crippen molar-refractivity contribution in [2.45, 2.75) is 12.5 Å². The molecule has 0 fully saturated rings. The average molecular weight is 307 g/mol. The lowest BCUT2D eigenvalue weighted by molar-refractivity contribution is -0.132. The number of hydrogen-bond donors (Lipinski definition) is 1.